The van der Waals surface area contributed by atoms with Crippen LogP contribution in [0.25, 0.3) is 0 Å². The van der Waals surface area contributed by atoms with Gasteiger partial charge in [-0.1, -0.05) is 320 Å². The van der Waals surface area contributed by atoms with Gasteiger partial charge in [0.25, 0.3) is 0 Å². The number of rotatable bonds is 65. The Balaban J connectivity index is 3.43. The van der Waals surface area contributed by atoms with E-state index in [2.05, 4.69) is 55.6 Å². The number of aliphatic hydroxyl groups excluding tert-OH is 2. The van der Waals surface area contributed by atoms with Gasteiger partial charge in [-0.25, -0.2) is 0 Å². The zero-order valence-corrected chi connectivity index (χ0v) is 52.0. The van der Waals surface area contributed by atoms with Crippen molar-refractivity contribution < 1.29 is 24.5 Å². The number of hydrogen-bond acceptors (Lipinski definition) is 5. The zero-order chi connectivity index (χ0) is 55.7. The lowest BCUT2D eigenvalue weighted by Gasteiger charge is -2.22. The Hall–Kier alpha value is -1.92. The van der Waals surface area contributed by atoms with E-state index in [0.717, 1.165) is 51.4 Å². The molecule has 6 heteroatoms. The maximum absolute atomic E-state index is 12.6. The van der Waals surface area contributed by atoms with Crippen LogP contribution in [0.2, 0.25) is 0 Å². The second-order valence-corrected chi connectivity index (χ2v) is 23.9. The molecule has 2 unspecified atom stereocenters. The molecule has 0 radical (unpaired) electrons. The molecule has 0 aliphatic heterocycles. The number of amides is 1. The van der Waals surface area contributed by atoms with Crippen LogP contribution in [-0.4, -0.2) is 47.4 Å². The van der Waals surface area contributed by atoms with Gasteiger partial charge >= 0.3 is 5.97 Å². The van der Waals surface area contributed by atoms with Crippen molar-refractivity contribution in [2.24, 2.45) is 0 Å². The lowest BCUT2D eigenvalue weighted by atomic mass is 10.0. The molecule has 0 aromatic carbocycles. The van der Waals surface area contributed by atoms with Crippen LogP contribution in [0, 0.1) is 0 Å². The summed E-state index contributed by atoms with van der Waals surface area (Å²) in [5, 5.41) is 23.4. The second-order valence-electron chi connectivity index (χ2n) is 23.9. The minimum Gasteiger partial charge on any atom is -0.466 e. The first kappa shape index (κ1) is 75.1. The highest BCUT2D eigenvalue weighted by Gasteiger charge is 2.20. The molecule has 0 aromatic heterocycles. The molecule has 0 aromatic rings. The van der Waals surface area contributed by atoms with Crippen molar-refractivity contribution >= 4 is 11.9 Å². The van der Waals surface area contributed by atoms with Crippen LogP contribution in [-0.2, 0) is 14.3 Å². The molecule has 0 aliphatic carbocycles. The van der Waals surface area contributed by atoms with Gasteiger partial charge in [0.1, 0.15) is 0 Å². The Morgan fingerprint density at radius 1 is 0.364 bits per heavy atom. The number of unbranched alkanes of at least 4 members (excludes halogenated alkanes) is 48. The molecule has 2 atom stereocenters. The van der Waals surface area contributed by atoms with Gasteiger partial charge in [0, 0.05) is 12.8 Å². The predicted molar refractivity (Wildman–Crippen MR) is 338 cm³/mol. The summed E-state index contributed by atoms with van der Waals surface area (Å²) < 4.78 is 5.48. The van der Waals surface area contributed by atoms with E-state index in [-0.39, 0.29) is 18.5 Å². The number of allylic oxidation sites excluding steroid dienone is 6. The number of esters is 1. The molecule has 0 rings (SSSR count). The van der Waals surface area contributed by atoms with Crippen LogP contribution in [0.1, 0.15) is 380 Å². The number of aliphatic hydroxyl groups is 2. The molecule has 1 amide bonds. The van der Waals surface area contributed by atoms with E-state index in [1.54, 1.807) is 0 Å². The van der Waals surface area contributed by atoms with Crippen molar-refractivity contribution in [1.82, 2.24) is 5.32 Å². The van der Waals surface area contributed by atoms with E-state index in [4.69, 9.17) is 4.74 Å². The largest absolute Gasteiger partial charge is 0.466 e. The third kappa shape index (κ3) is 63.1. The van der Waals surface area contributed by atoms with Crippen LogP contribution < -0.4 is 5.32 Å². The van der Waals surface area contributed by atoms with E-state index < -0.39 is 12.1 Å². The first-order valence-electron chi connectivity index (χ1n) is 34.7. The van der Waals surface area contributed by atoms with Gasteiger partial charge in [0.2, 0.25) is 5.91 Å². The number of ether oxygens (including phenoxy) is 1. The van der Waals surface area contributed by atoms with Gasteiger partial charge < -0.3 is 20.3 Å². The predicted octanol–water partition coefficient (Wildman–Crippen LogP) is 22.3. The monoisotopic (exact) mass is 1080 g/mol. The lowest BCUT2D eigenvalue weighted by molar-refractivity contribution is -0.143. The van der Waals surface area contributed by atoms with Gasteiger partial charge in [-0.05, 0) is 83.5 Å². The number of carbonyl (C=O) groups is 2. The van der Waals surface area contributed by atoms with E-state index >= 15 is 0 Å². The molecule has 6 nitrogen and oxygen atoms in total. The minimum atomic E-state index is -0.672. The van der Waals surface area contributed by atoms with Crippen LogP contribution >= 0.6 is 0 Å². The molecule has 0 aliphatic rings. The topological polar surface area (TPSA) is 95.9 Å². The summed E-state index contributed by atoms with van der Waals surface area (Å²) in [6.45, 7) is 4.94. The SMILES string of the molecule is CCCCC/C=C\C/C=C\CCCCCCCC(=O)OCCCCCCCCCCC/C=C\CCCCCCCCCC(=O)NC(CO)C(O)CCCCCCCCCCCCCCCCCCCCCCCCCCC. The van der Waals surface area contributed by atoms with Crippen molar-refractivity contribution in [3.05, 3.63) is 36.5 Å². The summed E-state index contributed by atoms with van der Waals surface area (Å²) in [5.74, 6) is -0.0470. The first-order chi connectivity index (χ1) is 38.0. The molecule has 0 saturated heterocycles. The minimum absolute atomic E-state index is 0.00707. The normalized spacial score (nSPS) is 12.7. The second kappa shape index (κ2) is 66.6. The first-order valence-corrected chi connectivity index (χ1v) is 34.7. The molecule has 0 saturated carbocycles. The Morgan fingerprint density at radius 2 is 0.649 bits per heavy atom. The van der Waals surface area contributed by atoms with Crippen molar-refractivity contribution in [3.8, 4) is 0 Å². The maximum Gasteiger partial charge on any atom is 0.305 e. The average molecular weight is 1080 g/mol. The van der Waals surface area contributed by atoms with Crippen molar-refractivity contribution in [1.29, 1.82) is 0 Å². The van der Waals surface area contributed by atoms with Gasteiger partial charge in [0.05, 0.1) is 25.4 Å². The highest BCUT2D eigenvalue weighted by atomic mass is 16.5. The third-order valence-electron chi connectivity index (χ3n) is 16.2. The van der Waals surface area contributed by atoms with E-state index in [1.165, 1.54) is 295 Å². The summed E-state index contributed by atoms with van der Waals surface area (Å²) in [5.41, 5.74) is 0. The Kier molecular flexibility index (Phi) is 64.9. The summed E-state index contributed by atoms with van der Waals surface area (Å²) in [6, 6.07) is -0.550. The van der Waals surface area contributed by atoms with Crippen molar-refractivity contribution in [2.45, 2.75) is 392 Å². The average Bonchev–Trinajstić information content (AvgIpc) is 3.43. The highest BCUT2D eigenvalue weighted by Crippen LogP contribution is 2.18. The maximum atomic E-state index is 12.6. The lowest BCUT2D eigenvalue weighted by Crippen LogP contribution is -2.45. The van der Waals surface area contributed by atoms with Crippen molar-refractivity contribution in [2.75, 3.05) is 13.2 Å². The molecule has 0 fully saturated rings. The van der Waals surface area contributed by atoms with Gasteiger partial charge in [-0.15, -0.1) is 0 Å². The molecule has 77 heavy (non-hydrogen) atoms. The van der Waals surface area contributed by atoms with Gasteiger partial charge in [0.15, 0.2) is 0 Å². The summed E-state index contributed by atoms with van der Waals surface area (Å²) in [7, 11) is 0. The fraction of sp³-hybridized carbons (Fsp3) is 0.887. The fourth-order valence-corrected chi connectivity index (χ4v) is 10.8. The highest BCUT2D eigenvalue weighted by molar-refractivity contribution is 5.76. The summed E-state index contributed by atoms with van der Waals surface area (Å²) in [4.78, 5) is 24.6. The van der Waals surface area contributed by atoms with E-state index in [9.17, 15) is 19.8 Å². The Morgan fingerprint density at radius 3 is 1.03 bits per heavy atom. The zero-order valence-electron chi connectivity index (χ0n) is 52.0. The van der Waals surface area contributed by atoms with Gasteiger partial charge in [-0.2, -0.15) is 0 Å². The van der Waals surface area contributed by atoms with Gasteiger partial charge in [-0.3, -0.25) is 9.59 Å². The molecule has 0 spiro atoms. The molecule has 0 bridgehead atoms. The fourth-order valence-electron chi connectivity index (χ4n) is 10.8. The van der Waals surface area contributed by atoms with Crippen LogP contribution in [0.15, 0.2) is 36.5 Å². The molecule has 0 heterocycles. The van der Waals surface area contributed by atoms with Crippen LogP contribution in [0.4, 0.5) is 0 Å². The summed E-state index contributed by atoms with van der Waals surface area (Å²) in [6.07, 6.45) is 84.6. The third-order valence-corrected chi connectivity index (χ3v) is 16.2. The molecular weight excluding hydrogens is 947 g/mol. The molecule has 454 valence electrons. The smallest absolute Gasteiger partial charge is 0.305 e. The van der Waals surface area contributed by atoms with E-state index in [1.807, 2.05) is 0 Å². The molecular formula is C71H135NO5. The Bertz CT molecular complexity index is 1250. The van der Waals surface area contributed by atoms with E-state index in [0.29, 0.717) is 25.9 Å². The molecule has 3 N–H and O–H groups in total. The van der Waals surface area contributed by atoms with Crippen molar-refractivity contribution in [3.63, 3.8) is 0 Å². The summed E-state index contributed by atoms with van der Waals surface area (Å²) >= 11 is 0. The van der Waals surface area contributed by atoms with Crippen LogP contribution in [0.5, 0.6) is 0 Å². The number of hydrogen-bond donors (Lipinski definition) is 3. The quantitative estimate of drug-likeness (QED) is 0.0320. The number of nitrogens with one attached hydrogen (secondary N) is 1. The number of carbonyl (C=O) groups excluding carboxylic acids is 2. The Labute approximate surface area is 481 Å². The standard InChI is InChI=1S/C71H135NO5/c1-3-5-7-9-11-13-15-17-19-20-21-22-23-24-25-26-29-32-36-39-43-47-51-55-59-63-69(74)68(67-73)72-70(75)64-60-56-52-48-44-40-37-33-30-27-28-31-34-38-42-46-50-54-58-62-66-77-71(76)65-61-57-53-49-45-41-35-18-16-14-12-10-8-6-4-2/h12,14,18,27,30,35,68-69,73-74H,3-11,13,15-17,19-26,28-29,31-34,36-67H2,1-2H3,(H,72,75)/b14-12-,30-27-,35-18-. The van der Waals surface area contributed by atoms with Crippen LogP contribution in [0.3, 0.4) is 0 Å².